The van der Waals surface area contributed by atoms with Gasteiger partial charge in [0.05, 0.1) is 0 Å². The molecule has 0 fully saturated rings. The lowest BCUT2D eigenvalue weighted by Crippen LogP contribution is -2.40. The standard InChI is InChI=1S/C14H26N4O/c1-10(14(2,3)4)18(6)13-8-11(15-5)16-12(17-13)9-19-7/h8,10H,9H2,1-7H3,(H,15,16,17). The second kappa shape index (κ2) is 6.19. The van der Waals surface area contributed by atoms with E-state index in [9.17, 15) is 0 Å². The lowest BCUT2D eigenvalue weighted by molar-refractivity contribution is 0.178. The maximum absolute atomic E-state index is 5.12. The van der Waals surface area contributed by atoms with Crippen molar-refractivity contribution < 1.29 is 4.74 Å². The number of aromatic nitrogens is 2. The quantitative estimate of drug-likeness (QED) is 0.887. The molecule has 19 heavy (non-hydrogen) atoms. The molecule has 0 radical (unpaired) electrons. The first-order valence-electron chi connectivity index (χ1n) is 6.57. The number of nitrogens with zero attached hydrogens (tertiary/aromatic N) is 3. The van der Waals surface area contributed by atoms with E-state index in [0.717, 1.165) is 11.6 Å². The molecular formula is C14H26N4O. The summed E-state index contributed by atoms with van der Waals surface area (Å²) in [5.41, 5.74) is 0.181. The summed E-state index contributed by atoms with van der Waals surface area (Å²) in [6.45, 7) is 9.30. The van der Waals surface area contributed by atoms with Crippen molar-refractivity contribution in [1.29, 1.82) is 0 Å². The topological polar surface area (TPSA) is 50.3 Å². The van der Waals surface area contributed by atoms with Crippen molar-refractivity contribution in [3.8, 4) is 0 Å². The Bertz CT molecular complexity index is 414. The summed E-state index contributed by atoms with van der Waals surface area (Å²) in [4.78, 5) is 11.1. The van der Waals surface area contributed by atoms with Crippen LogP contribution in [0.25, 0.3) is 0 Å². The highest BCUT2D eigenvalue weighted by molar-refractivity contribution is 5.49. The summed E-state index contributed by atoms with van der Waals surface area (Å²) in [7, 11) is 5.57. The summed E-state index contributed by atoms with van der Waals surface area (Å²) in [6, 6.07) is 2.32. The number of methoxy groups -OCH3 is 1. The van der Waals surface area contributed by atoms with E-state index < -0.39 is 0 Å². The third kappa shape index (κ3) is 4.06. The molecule has 0 aromatic carbocycles. The Morgan fingerprint density at radius 2 is 2.00 bits per heavy atom. The van der Waals surface area contributed by atoms with Crippen molar-refractivity contribution in [3.05, 3.63) is 11.9 Å². The van der Waals surface area contributed by atoms with Gasteiger partial charge in [-0.25, -0.2) is 9.97 Å². The van der Waals surface area contributed by atoms with Crippen molar-refractivity contribution in [2.24, 2.45) is 5.41 Å². The number of hydrogen-bond donors (Lipinski definition) is 1. The smallest absolute Gasteiger partial charge is 0.158 e. The van der Waals surface area contributed by atoms with E-state index in [4.69, 9.17) is 4.74 Å². The Balaban J connectivity index is 3.07. The van der Waals surface area contributed by atoms with Crippen molar-refractivity contribution in [2.45, 2.75) is 40.3 Å². The Labute approximate surface area is 116 Å². The molecule has 1 aromatic rings. The van der Waals surface area contributed by atoms with Crippen molar-refractivity contribution in [1.82, 2.24) is 9.97 Å². The van der Waals surface area contributed by atoms with Gasteiger partial charge >= 0.3 is 0 Å². The number of hydrogen-bond acceptors (Lipinski definition) is 5. The predicted molar refractivity (Wildman–Crippen MR) is 79.6 cm³/mol. The molecular weight excluding hydrogens is 240 g/mol. The van der Waals surface area contributed by atoms with Crippen LogP contribution < -0.4 is 10.2 Å². The lowest BCUT2D eigenvalue weighted by Gasteiger charge is -2.36. The predicted octanol–water partition coefficient (Wildman–Crippen LogP) is 2.54. The first kappa shape index (κ1) is 15.7. The minimum Gasteiger partial charge on any atom is -0.377 e. The molecule has 108 valence electrons. The van der Waals surface area contributed by atoms with Crippen LogP contribution in [0.3, 0.4) is 0 Å². The maximum atomic E-state index is 5.12. The molecule has 0 aliphatic carbocycles. The summed E-state index contributed by atoms with van der Waals surface area (Å²) < 4.78 is 5.12. The molecule has 0 saturated heterocycles. The highest BCUT2D eigenvalue weighted by Crippen LogP contribution is 2.27. The van der Waals surface area contributed by atoms with Crippen LogP contribution in [0, 0.1) is 5.41 Å². The molecule has 0 spiro atoms. The zero-order valence-electron chi connectivity index (χ0n) is 13.1. The van der Waals surface area contributed by atoms with Gasteiger partial charge in [0.2, 0.25) is 0 Å². The third-order valence-corrected chi connectivity index (χ3v) is 3.48. The highest BCUT2D eigenvalue weighted by Gasteiger charge is 2.25. The van der Waals surface area contributed by atoms with E-state index in [-0.39, 0.29) is 5.41 Å². The maximum Gasteiger partial charge on any atom is 0.158 e. The number of nitrogens with one attached hydrogen (secondary N) is 1. The van der Waals surface area contributed by atoms with Gasteiger partial charge in [-0.05, 0) is 12.3 Å². The molecule has 5 heteroatoms. The van der Waals surface area contributed by atoms with E-state index in [0.29, 0.717) is 18.5 Å². The average Bonchev–Trinajstić information content (AvgIpc) is 2.35. The summed E-state index contributed by atoms with van der Waals surface area (Å²) in [5, 5.41) is 3.07. The fourth-order valence-electron chi connectivity index (χ4n) is 1.76. The Morgan fingerprint density at radius 3 is 2.47 bits per heavy atom. The second-order valence-corrected chi connectivity index (χ2v) is 5.86. The van der Waals surface area contributed by atoms with Crippen LogP contribution in [-0.2, 0) is 11.3 Å². The van der Waals surface area contributed by atoms with E-state index in [2.05, 4.69) is 54.9 Å². The molecule has 5 nitrogen and oxygen atoms in total. The molecule has 1 unspecified atom stereocenters. The molecule has 0 bridgehead atoms. The molecule has 1 aromatic heterocycles. The molecule has 0 aliphatic rings. The fourth-order valence-corrected chi connectivity index (χ4v) is 1.76. The molecule has 0 amide bonds. The first-order chi connectivity index (χ1) is 8.79. The Hall–Kier alpha value is -1.36. The van der Waals surface area contributed by atoms with E-state index in [1.165, 1.54) is 0 Å². The lowest BCUT2D eigenvalue weighted by atomic mass is 9.87. The van der Waals surface area contributed by atoms with Crippen molar-refractivity contribution in [3.63, 3.8) is 0 Å². The minimum atomic E-state index is 0.181. The van der Waals surface area contributed by atoms with E-state index in [1.807, 2.05) is 13.1 Å². The van der Waals surface area contributed by atoms with Gasteiger partial charge in [-0.3, -0.25) is 0 Å². The van der Waals surface area contributed by atoms with Gasteiger partial charge < -0.3 is 15.0 Å². The average molecular weight is 266 g/mol. The second-order valence-electron chi connectivity index (χ2n) is 5.86. The minimum absolute atomic E-state index is 0.181. The van der Waals surface area contributed by atoms with Gasteiger partial charge in [-0.1, -0.05) is 20.8 Å². The van der Waals surface area contributed by atoms with Gasteiger partial charge in [0.25, 0.3) is 0 Å². The number of anilines is 2. The Morgan fingerprint density at radius 1 is 1.37 bits per heavy atom. The van der Waals surface area contributed by atoms with Gasteiger partial charge in [-0.2, -0.15) is 0 Å². The van der Waals surface area contributed by atoms with Gasteiger partial charge in [0.15, 0.2) is 5.82 Å². The molecule has 0 aliphatic heterocycles. The van der Waals surface area contributed by atoms with Crippen LogP contribution in [0.15, 0.2) is 6.07 Å². The molecule has 1 N–H and O–H groups in total. The Kier molecular flexibility index (Phi) is 5.11. The normalized spacial score (nSPS) is 13.2. The zero-order valence-corrected chi connectivity index (χ0v) is 13.1. The van der Waals surface area contributed by atoms with Crippen molar-refractivity contribution >= 4 is 11.6 Å². The van der Waals surface area contributed by atoms with Crippen LogP contribution in [0.1, 0.15) is 33.5 Å². The monoisotopic (exact) mass is 266 g/mol. The van der Waals surface area contributed by atoms with Gasteiger partial charge in [0.1, 0.15) is 18.2 Å². The van der Waals surface area contributed by atoms with Gasteiger partial charge in [-0.15, -0.1) is 0 Å². The number of rotatable bonds is 5. The molecule has 1 atom stereocenters. The van der Waals surface area contributed by atoms with Crippen LogP contribution >= 0.6 is 0 Å². The van der Waals surface area contributed by atoms with E-state index >= 15 is 0 Å². The third-order valence-electron chi connectivity index (χ3n) is 3.48. The van der Waals surface area contributed by atoms with Gasteiger partial charge in [0, 0.05) is 33.3 Å². The summed E-state index contributed by atoms with van der Waals surface area (Å²) in [6.07, 6.45) is 0. The molecule has 0 saturated carbocycles. The zero-order chi connectivity index (χ0) is 14.6. The molecule has 1 heterocycles. The largest absolute Gasteiger partial charge is 0.377 e. The SMILES string of the molecule is CNc1cc(N(C)C(C)C(C)(C)C)nc(COC)n1. The van der Waals surface area contributed by atoms with Crippen LogP contribution in [0.4, 0.5) is 11.6 Å². The first-order valence-corrected chi connectivity index (χ1v) is 6.57. The highest BCUT2D eigenvalue weighted by atomic mass is 16.5. The fraction of sp³-hybridized carbons (Fsp3) is 0.714. The van der Waals surface area contributed by atoms with E-state index in [1.54, 1.807) is 7.11 Å². The summed E-state index contributed by atoms with van der Waals surface area (Å²) >= 11 is 0. The molecule has 1 rings (SSSR count). The van der Waals surface area contributed by atoms with Crippen LogP contribution in [-0.4, -0.2) is 37.2 Å². The number of ether oxygens (including phenoxy) is 1. The van der Waals surface area contributed by atoms with Crippen molar-refractivity contribution in [2.75, 3.05) is 31.4 Å². The van der Waals surface area contributed by atoms with Crippen LogP contribution in [0.2, 0.25) is 0 Å². The summed E-state index contributed by atoms with van der Waals surface area (Å²) in [5.74, 6) is 2.41. The van der Waals surface area contributed by atoms with Crippen LogP contribution in [0.5, 0.6) is 0 Å².